The van der Waals surface area contributed by atoms with Crippen molar-refractivity contribution in [1.29, 1.82) is 0 Å². The highest BCUT2D eigenvalue weighted by molar-refractivity contribution is 5.78. The van der Waals surface area contributed by atoms with Gasteiger partial charge in [0.1, 0.15) is 6.61 Å². The summed E-state index contributed by atoms with van der Waals surface area (Å²) in [7, 11) is 1.59. The molecule has 0 saturated carbocycles. The van der Waals surface area contributed by atoms with Gasteiger partial charge in [-0.05, 0) is 12.8 Å². The van der Waals surface area contributed by atoms with Crippen molar-refractivity contribution in [2.75, 3.05) is 20.2 Å². The monoisotopic (exact) mass is 267 g/mol. The van der Waals surface area contributed by atoms with E-state index in [4.69, 9.17) is 9.26 Å². The van der Waals surface area contributed by atoms with Gasteiger partial charge in [0.05, 0.1) is 0 Å². The van der Waals surface area contributed by atoms with Gasteiger partial charge >= 0.3 is 0 Å². The number of carbonyl (C=O) groups excluding carboxylic acids is 1. The van der Waals surface area contributed by atoms with Crippen LogP contribution in [0, 0.1) is 5.92 Å². The van der Waals surface area contributed by atoms with E-state index in [1.54, 1.807) is 7.11 Å². The molecule has 1 atom stereocenters. The second kappa shape index (κ2) is 6.14. The molecule has 6 nitrogen and oxygen atoms in total. The van der Waals surface area contributed by atoms with E-state index in [1.807, 2.05) is 18.7 Å². The number of nitrogens with zero attached hydrogens (tertiary/aromatic N) is 3. The van der Waals surface area contributed by atoms with Crippen LogP contribution in [0.5, 0.6) is 0 Å². The molecule has 1 saturated heterocycles. The van der Waals surface area contributed by atoms with Crippen molar-refractivity contribution in [2.45, 2.75) is 39.2 Å². The van der Waals surface area contributed by atoms with Crippen LogP contribution >= 0.6 is 0 Å². The third-order valence-corrected chi connectivity index (χ3v) is 3.34. The number of piperidine rings is 1. The summed E-state index contributed by atoms with van der Waals surface area (Å²) in [6.07, 6.45) is 1.98. The molecule has 0 spiro atoms. The van der Waals surface area contributed by atoms with Gasteiger partial charge in [0, 0.05) is 32.0 Å². The molecule has 0 aliphatic carbocycles. The summed E-state index contributed by atoms with van der Waals surface area (Å²) < 4.78 is 10.1. The lowest BCUT2D eigenvalue weighted by atomic mass is 9.96. The quantitative estimate of drug-likeness (QED) is 0.828. The van der Waals surface area contributed by atoms with Crippen LogP contribution in [0.4, 0.5) is 0 Å². The Labute approximate surface area is 113 Å². The first-order chi connectivity index (χ1) is 9.11. The SMILES string of the molecule is COCc1nc(C2CCCN(C(=O)C(C)C)C2)no1. The Kier molecular flexibility index (Phi) is 4.52. The molecule has 0 bridgehead atoms. The normalized spacial score (nSPS) is 20.0. The number of aromatic nitrogens is 2. The number of rotatable bonds is 4. The van der Waals surface area contributed by atoms with Crippen LogP contribution in [-0.2, 0) is 16.1 Å². The molecule has 106 valence electrons. The first kappa shape index (κ1) is 14.0. The molecule has 0 aromatic carbocycles. The fraction of sp³-hybridized carbons (Fsp3) is 0.769. The number of hydrogen-bond acceptors (Lipinski definition) is 5. The summed E-state index contributed by atoms with van der Waals surface area (Å²) in [5.41, 5.74) is 0. The minimum atomic E-state index is 0.0353. The fourth-order valence-corrected chi connectivity index (χ4v) is 2.37. The zero-order chi connectivity index (χ0) is 13.8. The van der Waals surface area contributed by atoms with Crippen molar-refractivity contribution in [3.05, 3.63) is 11.7 Å². The van der Waals surface area contributed by atoms with Gasteiger partial charge in [-0.1, -0.05) is 19.0 Å². The van der Waals surface area contributed by atoms with Crippen LogP contribution in [-0.4, -0.2) is 41.1 Å². The molecule has 1 amide bonds. The van der Waals surface area contributed by atoms with E-state index in [9.17, 15) is 4.79 Å². The van der Waals surface area contributed by atoms with Gasteiger partial charge in [-0.2, -0.15) is 4.98 Å². The van der Waals surface area contributed by atoms with E-state index < -0.39 is 0 Å². The minimum absolute atomic E-state index is 0.0353. The predicted molar refractivity (Wildman–Crippen MR) is 68.4 cm³/mol. The Morgan fingerprint density at radius 1 is 1.58 bits per heavy atom. The van der Waals surface area contributed by atoms with Crippen LogP contribution < -0.4 is 0 Å². The van der Waals surface area contributed by atoms with Crippen molar-refractivity contribution in [1.82, 2.24) is 15.0 Å². The summed E-state index contributed by atoms with van der Waals surface area (Å²) in [5.74, 6) is 1.59. The standard InChI is InChI=1S/C13H21N3O3/c1-9(2)13(17)16-6-4-5-10(7-16)12-14-11(8-18-3)19-15-12/h9-10H,4-8H2,1-3H3. The van der Waals surface area contributed by atoms with Crippen LogP contribution in [0.1, 0.15) is 44.3 Å². The van der Waals surface area contributed by atoms with Crippen molar-refractivity contribution in [2.24, 2.45) is 5.92 Å². The zero-order valence-electron chi connectivity index (χ0n) is 11.8. The second-order valence-corrected chi connectivity index (χ2v) is 5.26. The van der Waals surface area contributed by atoms with Crippen molar-refractivity contribution >= 4 is 5.91 Å². The molecule has 1 aromatic heterocycles. The van der Waals surface area contributed by atoms with Crippen molar-refractivity contribution < 1.29 is 14.1 Å². The number of carbonyl (C=O) groups is 1. The largest absolute Gasteiger partial charge is 0.375 e. The van der Waals surface area contributed by atoms with Gasteiger partial charge in [0.25, 0.3) is 5.89 Å². The van der Waals surface area contributed by atoms with E-state index in [0.717, 1.165) is 19.4 Å². The first-order valence-electron chi connectivity index (χ1n) is 6.72. The lowest BCUT2D eigenvalue weighted by Crippen LogP contribution is -2.41. The highest BCUT2D eigenvalue weighted by Crippen LogP contribution is 2.25. The molecule has 6 heteroatoms. The summed E-state index contributed by atoms with van der Waals surface area (Å²) >= 11 is 0. The maximum atomic E-state index is 12.0. The molecule has 1 aliphatic rings. The van der Waals surface area contributed by atoms with E-state index >= 15 is 0 Å². The molecule has 19 heavy (non-hydrogen) atoms. The molecule has 2 rings (SSSR count). The van der Waals surface area contributed by atoms with Gasteiger partial charge in [-0.3, -0.25) is 4.79 Å². The Bertz CT molecular complexity index is 431. The summed E-state index contributed by atoms with van der Waals surface area (Å²) in [6.45, 7) is 5.70. The van der Waals surface area contributed by atoms with Crippen LogP contribution in [0.25, 0.3) is 0 Å². The minimum Gasteiger partial charge on any atom is -0.375 e. The zero-order valence-corrected chi connectivity index (χ0v) is 11.8. The van der Waals surface area contributed by atoms with E-state index in [2.05, 4.69) is 10.1 Å². The molecular weight excluding hydrogens is 246 g/mol. The molecule has 0 N–H and O–H groups in total. The molecular formula is C13H21N3O3. The van der Waals surface area contributed by atoms with E-state index in [0.29, 0.717) is 24.9 Å². The number of likely N-dealkylation sites (tertiary alicyclic amines) is 1. The smallest absolute Gasteiger partial charge is 0.252 e. The maximum absolute atomic E-state index is 12.0. The Balaban J connectivity index is 2.01. The van der Waals surface area contributed by atoms with E-state index in [-0.39, 0.29) is 17.7 Å². The van der Waals surface area contributed by atoms with Gasteiger partial charge in [-0.15, -0.1) is 0 Å². The summed E-state index contributed by atoms with van der Waals surface area (Å²) in [5, 5.41) is 3.99. The van der Waals surface area contributed by atoms with Crippen LogP contribution in [0.3, 0.4) is 0 Å². The Morgan fingerprint density at radius 2 is 2.37 bits per heavy atom. The maximum Gasteiger partial charge on any atom is 0.252 e. The summed E-state index contributed by atoms with van der Waals surface area (Å²) in [4.78, 5) is 18.3. The Hall–Kier alpha value is -1.43. The van der Waals surface area contributed by atoms with Crippen molar-refractivity contribution in [3.63, 3.8) is 0 Å². The Morgan fingerprint density at radius 3 is 3.05 bits per heavy atom. The molecule has 1 unspecified atom stereocenters. The van der Waals surface area contributed by atoms with Crippen LogP contribution in [0.15, 0.2) is 4.52 Å². The van der Waals surface area contributed by atoms with Gasteiger partial charge in [0.2, 0.25) is 5.91 Å². The van der Waals surface area contributed by atoms with Gasteiger partial charge in [-0.25, -0.2) is 0 Å². The average Bonchev–Trinajstić information content (AvgIpc) is 2.87. The summed E-state index contributed by atoms with van der Waals surface area (Å²) in [6, 6.07) is 0. The second-order valence-electron chi connectivity index (χ2n) is 5.26. The van der Waals surface area contributed by atoms with Crippen molar-refractivity contribution in [3.8, 4) is 0 Å². The highest BCUT2D eigenvalue weighted by Gasteiger charge is 2.28. The number of methoxy groups -OCH3 is 1. The lowest BCUT2D eigenvalue weighted by molar-refractivity contribution is -0.135. The van der Waals surface area contributed by atoms with Crippen LogP contribution in [0.2, 0.25) is 0 Å². The van der Waals surface area contributed by atoms with E-state index in [1.165, 1.54) is 0 Å². The molecule has 1 aliphatic heterocycles. The third kappa shape index (κ3) is 3.32. The first-order valence-corrected chi connectivity index (χ1v) is 6.72. The topological polar surface area (TPSA) is 68.5 Å². The van der Waals surface area contributed by atoms with Gasteiger partial charge in [0.15, 0.2) is 5.82 Å². The predicted octanol–water partition coefficient (Wildman–Crippen LogP) is 1.58. The number of ether oxygens (including phenoxy) is 1. The average molecular weight is 267 g/mol. The van der Waals surface area contributed by atoms with Gasteiger partial charge < -0.3 is 14.2 Å². The number of hydrogen-bond donors (Lipinski definition) is 0. The highest BCUT2D eigenvalue weighted by atomic mass is 16.5. The molecule has 1 aromatic rings. The third-order valence-electron chi connectivity index (χ3n) is 3.34. The molecule has 2 heterocycles. The lowest BCUT2D eigenvalue weighted by Gasteiger charge is -2.32. The fourth-order valence-electron chi connectivity index (χ4n) is 2.37. The molecule has 1 fully saturated rings. The number of amides is 1. The molecule has 0 radical (unpaired) electrons.